The maximum Gasteiger partial charge on any atom is 1.00 e. The number of carboxylic acid groups (broad SMARTS) is 1. The van der Waals surface area contributed by atoms with Gasteiger partial charge in [0.05, 0.1) is 10.2 Å². The smallest absolute Gasteiger partial charge is 0.529 e. The van der Waals surface area contributed by atoms with Gasteiger partial charge in [-0.1, -0.05) is 41.2 Å². The molecule has 0 radical (unpaired) electrons. The van der Waals surface area contributed by atoms with Crippen molar-refractivity contribution < 1.29 is 39.5 Å². The van der Waals surface area contributed by atoms with Crippen LogP contribution in [0.3, 0.4) is 0 Å². The Hall–Kier alpha value is 0.0800. The number of rotatable bonds is 4. The van der Waals surface area contributed by atoms with Crippen LogP contribution >= 0.6 is 33.1 Å². The molecular formula is C10H9N2NaO2S3. The van der Waals surface area contributed by atoms with Crippen molar-refractivity contribution in [2.45, 2.75) is 6.92 Å². The van der Waals surface area contributed by atoms with Crippen molar-refractivity contribution in [3.8, 4) is 0 Å². The minimum Gasteiger partial charge on any atom is -0.529 e. The summed E-state index contributed by atoms with van der Waals surface area (Å²) >= 11 is 1.34. The molecule has 0 atom stereocenters. The van der Waals surface area contributed by atoms with Gasteiger partial charge in [-0.15, -0.1) is 0 Å². The van der Waals surface area contributed by atoms with Gasteiger partial charge in [-0.05, 0) is 12.1 Å². The van der Waals surface area contributed by atoms with E-state index in [1.54, 1.807) is 0 Å². The van der Waals surface area contributed by atoms with Gasteiger partial charge < -0.3 is 9.90 Å². The third-order valence-corrected chi connectivity index (χ3v) is 5.29. The second-order valence-electron chi connectivity index (χ2n) is 3.01. The summed E-state index contributed by atoms with van der Waals surface area (Å²) in [6.45, 7) is 1.96. The summed E-state index contributed by atoms with van der Waals surface area (Å²) in [5, 5.41) is 11.5. The normalized spacial score (nSPS) is 10.1. The van der Waals surface area contributed by atoms with Crippen molar-refractivity contribution in [2.24, 2.45) is 0 Å². The Balaban J connectivity index is 0.00000162. The summed E-state index contributed by atoms with van der Waals surface area (Å²) in [5.74, 6) is 0.819. The summed E-state index contributed by atoms with van der Waals surface area (Å²) in [5.41, 5.74) is 0.806. The first-order valence-corrected chi connectivity index (χ1v) is 7.98. The number of nitrogens with zero attached hydrogens (tertiary/aromatic N) is 2. The number of carbonyl (C=O) groups excluding carboxylic acids is 1. The van der Waals surface area contributed by atoms with Crippen LogP contribution < -0.4 is 39.0 Å². The van der Waals surface area contributed by atoms with E-state index in [1.165, 1.54) is 22.1 Å². The van der Waals surface area contributed by atoms with Crippen LogP contribution in [0.15, 0.2) is 24.3 Å². The molecule has 2 aromatic rings. The summed E-state index contributed by atoms with van der Waals surface area (Å²) < 4.78 is 2.06. The maximum atomic E-state index is 11.0. The predicted octanol–water partition coefficient (Wildman–Crippen LogP) is -0.234. The Labute approximate surface area is 139 Å². The summed E-state index contributed by atoms with van der Waals surface area (Å²) in [4.78, 5) is 15.3. The molecule has 0 aliphatic carbocycles. The number of hydrogen-bond acceptors (Lipinski definition) is 6. The van der Waals surface area contributed by atoms with Crippen LogP contribution in [0.5, 0.6) is 0 Å². The first kappa shape index (κ1) is 16.1. The zero-order valence-corrected chi connectivity index (χ0v) is 14.4. The number of thiazole rings is 1. The molecule has 0 fully saturated rings. The fourth-order valence-corrected chi connectivity index (χ4v) is 3.82. The van der Waals surface area contributed by atoms with Crippen molar-refractivity contribution >= 4 is 54.6 Å². The molecule has 2 rings (SSSR count). The van der Waals surface area contributed by atoms with E-state index < -0.39 is 6.09 Å². The molecule has 0 unspecified atom stereocenters. The van der Waals surface area contributed by atoms with Crippen LogP contribution in [0.2, 0.25) is 0 Å². The Kier molecular flexibility index (Phi) is 6.83. The molecule has 0 saturated carbocycles. The average molecular weight is 308 g/mol. The molecule has 0 bridgehead atoms. The zero-order valence-electron chi connectivity index (χ0n) is 9.95. The molecule has 90 valence electrons. The van der Waals surface area contributed by atoms with Crippen LogP contribution in [-0.4, -0.2) is 16.8 Å². The fourth-order valence-electron chi connectivity index (χ4n) is 1.19. The minimum absolute atomic E-state index is 0. The molecule has 1 aromatic heterocycles. The van der Waals surface area contributed by atoms with Gasteiger partial charge in [0.15, 0.2) is 6.09 Å². The van der Waals surface area contributed by atoms with Crippen molar-refractivity contribution in [1.29, 1.82) is 0 Å². The third kappa shape index (κ3) is 3.79. The molecule has 1 heterocycles. The van der Waals surface area contributed by atoms with E-state index in [4.69, 9.17) is 0 Å². The molecule has 18 heavy (non-hydrogen) atoms. The van der Waals surface area contributed by atoms with Crippen molar-refractivity contribution in [3.05, 3.63) is 24.3 Å². The van der Waals surface area contributed by atoms with E-state index in [1.807, 2.05) is 31.2 Å². The summed E-state index contributed by atoms with van der Waals surface area (Å²) in [6.07, 6.45) is -1.24. The number of carbonyl (C=O) groups is 1. The fraction of sp³-hybridized carbons (Fsp3) is 0.200. The molecule has 0 spiro atoms. The number of amides is 1. The van der Waals surface area contributed by atoms with E-state index >= 15 is 0 Å². The number of aromatic nitrogens is 1. The molecular weight excluding hydrogens is 299 g/mol. The molecule has 0 N–H and O–H groups in total. The van der Waals surface area contributed by atoms with Crippen LogP contribution in [0, 0.1) is 0 Å². The Morgan fingerprint density at radius 2 is 2.22 bits per heavy atom. The first-order chi connectivity index (χ1) is 8.22. The Morgan fingerprint density at radius 1 is 1.50 bits per heavy atom. The second kappa shape index (κ2) is 7.62. The molecule has 1 amide bonds. The second-order valence-corrected chi connectivity index (χ2v) is 6.50. The summed E-state index contributed by atoms with van der Waals surface area (Å²) in [7, 11) is 2.57. The predicted molar refractivity (Wildman–Crippen MR) is 73.2 cm³/mol. The Bertz CT molecular complexity index is 502. The van der Waals surface area contributed by atoms with Crippen LogP contribution in [-0.2, 0) is 0 Å². The third-order valence-electron chi connectivity index (χ3n) is 1.87. The van der Waals surface area contributed by atoms with E-state index in [0.717, 1.165) is 31.3 Å². The van der Waals surface area contributed by atoms with Gasteiger partial charge in [0.2, 0.25) is 5.13 Å². The number of fused-ring (bicyclic) bond motifs is 1. The number of para-hydroxylation sites is 1. The number of benzene rings is 1. The summed E-state index contributed by atoms with van der Waals surface area (Å²) in [6, 6.07) is 7.56. The van der Waals surface area contributed by atoms with Gasteiger partial charge in [-0.2, -0.15) is 0 Å². The quantitative estimate of drug-likeness (QED) is 0.443. The van der Waals surface area contributed by atoms with E-state index in [0.29, 0.717) is 5.13 Å². The van der Waals surface area contributed by atoms with Gasteiger partial charge in [0.1, 0.15) is 0 Å². The minimum atomic E-state index is -1.24. The molecule has 0 saturated heterocycles. The average Bonchev–Trinajstić information content (AvgIpc) is 2.72. The Morgan fingerprint density at radius 3 is 2.83 bits per heavy atom. The SMILES string of the molecule is CCSSN(C(=O)[O-])c1nc2ccccc2s1.[Na+]. The standard InChI is InChI=1S/C10H10N2O2S3.Na/c1-2-15-17-12(10(13)14)9-11-7-5-3-4-6-8(7)16-9;/h3-6H,2H2,1H3,(H,13,14);/q;+1/p-1. The van der Waals surface area contributed by atoms with E-state index in [2.05, 4.69) is 4.98 Å². The monoisotopic (exact) mass is 308 g/mol. The molecule has 1 aromatic carbocycles. The van der Waals surface area contributed by atoms with Crippen molar-refractivity contribution in [1.82, 2.24) is 4.98 Å². The van der Waals surface area contributed by atoms with Crippen LogP contribution in [0.1, 0.15) is 6.92 Å². The van der Waals surface area contributed by atoms with Crippen molar-refractivity contribution in [3.63, 3.8) is 0 Å². The van der Waals surface area contributed by atoms with Crippen LogP contribution in [0.25, 0.3) is 10.2 Å². The number of anilines is 1. The largest absolute Gasteiger partial charge is 1.00 e. The molecule has 8 heteroatoms. The van der Waals surface area contributed by atoms with Crippen molar-refractivity contribution in [2.75, 3.05) is 10.1 Å². The number of hydrogen-bond donors (Lipinski definition) is 0. The van der Waals surface area contributed by atoms with Gasteiger partial charge in [-0.3, -0.25) is 0 Å². The molecule has 0 aliphatic heterocycles. The van der Waals surface area contributed by atoms with E-state index in [9.17, 15) is 9.90 Å². The van der Waals surface area contributed by atoms with Gasteiger partial charge in [0.25, 0.3) is 0 Å². The van der Waals surface area contributed by atoms with Gasteiger partial charge in [0, 0.05) is 16.7 Å². The van der Waals surface area contributed by atoms with Gasteiger partial charge >= 0.3 is 29.6 Å². The topological polar surface area (TPSA) is 56.3 Å². The van der Waals surface area contributed by atoms with E-state index in [-0.39, 0.29) is 29.6 Å². The van der Waals surface area contributed by atoms with Crippen LogP contribution in [0.4, 0.5) is 9.93 Å². The zero-order chi connectivity index (χ0) is 12.3. The first-order valence-electron chi connectivity index (χ1n) is 4.88. The maximum absolute atomic E-state index is 11.0. The molecule has 4 nitrogen and oxygen atoms in total. The molecule has 0 aliphatic rings. The van der Waals surface area contributed by atoms with Gasteiger partial charge in [-0.25, -0.2) is 9.29 Å².